The highest BCUT2D eigenvalue weighted by atomic mass is 16.5. The van der Waals surface area contributed by atoms with Crippen LogP contribution in [0.4, 0.5) is 0 Å². The molecule has 1 saturated heterocycles. The molecule has 2 N–H and O–H groups in total. The number of aliphatic hydroxyl groups is 1. The Balaban J connectivity index is 1.67. The molecule has 2 fully saturated rings. The van der Waals surface area contributed by atoms with E-state index in [9.17, 15) is 5.11 Å². The summed E-state index contributed by atoms with van der Waals surface area (Å²) in [7, 11) is 0. The first kappa shape index (κ1) is 7.53. The fourth-order valence-corrected chi connectivity index (χ4v) is 1.38. The maximum Gasteiger partial charge on any atom is 0.0948 e. The average molecular weight is 157 g/mol. The molecular weight excluding hydrogens is 142 g/mol. The topological polar surface area (TPSA) is 41.5 Å². The molecule has 1 heterocycles. The summed E-state index contributed by atoms with van der Waals surface area (Å²) in [6.45, 7) is 2.24. The predicted octanol–water partition coefficient (Wildman–Crippen LogP) is -0.254. The Labute approximate surface area is 66.7 Å². The molecule has 2 atom stereocenters. The molecule has 1 aliphatic carbocycles. The molecule has 3 nitrogen and oxygen atoms in total. The summed E-state index contributed by atoms with van der Waals surface area (Å²) in [6.07, 6.45) is 2.43. The molecule has 0 aromatic rings. The molecule has 64 valence electrons. The number of hydrogen-bond acceptors (Lipinski definition) is 3. The molecule has 11 heavy (non-hydrogen) atoms. The smallest absolute Gasteiger partial charge is 0.0948 e. The lowest BCUT2D eigenvalue weighted by molar-refractivity contribution is 0.122. The van der Waals surface area contributed by atoms with Crippen molar-refractivity contribution in [2.45, 2.75) is 25.0 Å². The molecule has 0 unspecified atom stereocenters. The standard InChI is InChI=1S/C8H15NO2/c10-8-5-11-4-7(8)9-3-6-1-2-6/h6-10H,1-5H2/t7-,8-/m0/s1. The molecule has 1 aliphatic heterocycles. The van der Waals surface area contributed by atoms with E-state index in [1.807, 2.05) is 0 Å². The lowest BCUT2D eigenvalue weighted by Gasteiger charge is -2.13. The number of hydrogen-bond donors (Lipinski definition) is 2. The van der Waals surface area contributed by atoms with E-state index in [0.717, 1.165) is 12.5 Å². The maximum absolute atomic E-state index is 9.33. The SMILES string of the molecule is O[C@H]1COC[C@@H]1NCC1CC1. The minimum atomic E-state index is -0.284. The molecule has 0 aromatic heterocycles. The van der Waals surface area contributed by atoms with E-state index in [1.165, 1.54) is 12.8 Å². The van der Waals surface area contributed by atoms with Crippen LogP contribution in [0.15, 0.2) is 0 Å². The van der Waals surface area contributed by atoms with Gasteiger partial charge in [-0.1, -0.05) is 0 Å². The minimum absolute atomic E-state index is 0.190. The molecule has 0 amide bonds. The van der Waals surface area contributed by atoms with E-state index >= 15 is 0 Å². The van der Waals surface area contributed by atoms with Gasteiger partial charge in [-0.15, -0.1) is 0 Å². The van der Waals surface area contributed by atoms with Gasteiger partial charge < -0.3 is 15.2 Å². The van der Waals surface area contributed by atoms with Crippen LogP contribution in [-0.4, -0.2) is 37.0 Å². The van der Waals surface area contributed by atoms with Crippen molar-refractivity contribution in [3.8, 4) is 0 Å². The van der Waals surface area contributed by atoms with Crippen LogP contribution in [0.3, 0.4) is 0 Å². The second-order valence-corrected chi connectivity index (χ2v) is 3.56. The molecule has 0 bridgehead atoms. The van der Waals surface area contributed by atoms with E-state index in [2.05, 4.69) is 5.32 Å². The van der Waals surface area contributed by atoms with E-state index in [4.69, 9.17) is 4.74 Å². The molecule has 2 aliphatic rings. The fraction of sp³-hybridized carbons (Fsp3) is 1.00. The van der Waals surface area contributed by atoms with Crippen LogP contribution in [0.2, 0.25) is 0 Å². The van der Waals surface area contributed by atoms with Gasteiger partial charge in [0.25, 0.3) is 0 Å². The second kappa shape index (κ2) is 3.09. The number of ether oxygens (including phenoxy) is 1. The van der Waals surface area contributed by atoms with Gasteiger partial charge in [0.1, 0.15) is 0 Å². The molecular formula is C8H15NO2. The van der Waals surface area contributed by atoms with Crippen LogP contribution in [0, 0.1) is 5.92 Å². The highest BCUT2D eigenvalue weighted by Crippen LogP contribution is 2.27. The Bertz CT molecular complexity index is 136. The summed E-state index contributed by atoms with van der Waals surface area (Å²) in [6, 6.07) is 0.190. The first-order chi connectivity index (χ1) is 5.36. The zero-order valence-corrected chi connectivity index (χ0v) is 6.62. The third kappa shape index (κ3) is 1.92. The van der Waals surface area contributed by atoms with Gasteiger partial charge in [-0.05, 0) is 25.3 Å². The van der Waals surface area contributed by atoms with Crippen molar-refractivity contribution in [2.24, 2.45) is 5.92 Å². The first-order valence-electron chi connectivity index (χ1n) is 4.35. The first-order valence-corrected chi connectivity index (χ1v) is 4.35. The zero-order valence-electron chi connectivity index (χ0n) is 6.62. The van der Waals surface area contributed by atoms with Gasteiger partial charge in [-0.25, -0.2) is 0 Å². The predicted molar refractivity (Wildman–Crippen MR) is 41.3 cm³/mol. The lowest BCUT2D eigenvalue weighted by Crippen LogP contribution is -2.39. The van der Waals surface area contributed by atoms with Crippen LogP contribution in [-0.2, 0) is 4.74 Å². The van der Waals surface area contributed by atoms with Gasteiger partial charge in [-0.3, -0.25) is 0 Å². The van der Waals surface area contributed by atoms with E-state index in [0.29, 0.717) is 13.2 Å². The Morgan fingerprint density at radius 2 is 2.18 bits per heavy atom. The van der Waals surface area contributed by atoms with Crippen molar-refractivity contribution in [2.75, 3.05) is 19.8 Å². The lowest BCUT2D eigenvalue weighted by atomic mass is 10.2. The summed E-state index contributed by atoms with van der Waals surface area (Å²) in [4.78, 5) is 0. The van der Waals surface area contributed by atoms with Crippen molar-refractivity contribution in [1.29, 1.82) is 0 Å². The summed E-state index contributed by atoms with van der Waals surface area (Å²) >= 11 is 0. The Morgan fingerprint density at radius 1 is 1.36 bits per heavy atom. The van der Waals surface area contributed by atoms with Crippen LogP contribution < -0.4 is 5.32 Å². The van der Waals surface area contributed by atoms with Gasteiger partial charge in [0.15, 0.2) is 0 Å². The molecule has 1 saturated carbocycles. The highest BCUT2D eigenvalue weighted by Gasteiger charge is 2.28. The van der Waals surface area contributed by atoms with Crippen LogP contribution in [0.5, 0.6) is 0 Å². The molecule has 0 radical (unpaired) electrons. The number of aliphatic hydroxyl groups excluding tert-OH is 1. The van der Waals surface area contributed by atoms with E-state index < -0.39 is 0 Å². The summed E-state index contributed by atoms with van der Waals surface area (Å²) < 4.78 is 5.11. The third-order valence-electron chi connectivity index (χ3n) is 2.42. The average Bonchev–Trinajstić information content (AvgIpc) is 2.73. The minimum Gasteiger partial charge on any atom is -0.389 e. The summed E-state index contributed by atoms with van der Waals surface area (Å²) in [5.41, 5.74) is 0. The maximum atomic E-state index is 9.33. The van der Waals surface area contributed by atoms with Gasteiger partial charge in [-0.2, -0.15) is 0 Å². The van der Waals surface area contributed by atoms with Gasteiger partial charge in [0.2, 0.25) is 0 Å². The Morgan fingerprint density at radius 3 is 2.73 bits per heavy atom. The monoisotopic (exact) mass is 157 g/mol. The molecule has 3 heteroatoms. The molecule has 0 aromatic carbocycles. The quantitative estimate of drug-likeness (QED) is 0.593. The van der Waals surface area contributed by atoms with Gasteiger partial charge >= 0.3 is 0 Å². The second-order valence-electron chi connectivity index (χ2n) is 3.56. The van der Waals surface area contributed by atoms with Crippen LogP contribution in [0.25, 0.3) is 0 Å². The van der Waals surface area contributed by atoms with Gasteiger partial charge in [0.05, 0.1) is 25.4 Å². The van der Waals surface area contributed by atoms with Crippen molar-refractivity contribution in [3.05, 3.63) is 0 Å². The van der Waals surface area contributed by atoms with Crippen LogP contribution >= 0.6 is 0 Å². The van der Waals surface area contributed by atoms with Crippen molar-refractivity contribution in [3.63, 3.8) is 0 Å². The number of rotatable bonds is 3. The third-order valence-corrected chi connectivity index (χ3v) is 2.42. The Hall–Kier alpha value is -0.120. The fourth-order valence-electron chi connectivity index (χ4n) is 1.38. The summed E-state index contributed by atoms with van der Waals surface area (Å²) in [5, 5.41) is 12.7. The molecule has 2 rings (SSSR count). The van der Waals surface area contributed by atoms with E-state index in [1.54, 1.807) is 0 Å². The largest absolute Gasteiger partial charge is 0.389 e. The van der Waals surface area contributed by atoms with Crippen molar-refractivity contribution < 1.29 is 9.84 Å². The van der Waals surface area contributed by atoms with Crippen molar-refractivity contribution in [1.82, 2.24) is 5.32 Å². The summed E-state index contributed by atoms with van der Waals surface area (Å²) in [5.74, 6) is 0.878. The Kier molecular flexibility index (Phi) is 2.11. The highest BCUT2D eigenvalue weighted by molar-refractivity contribution is 4.84. The van der Waals surface area contributed by atoms with Gasteiger partial charge in [0, 0.05) is 0 Å². The normalized spacial score (nSPS) is 37.9. The molecule has 0 spiro atoms. The van der Waals surface area contributed by atoms with Crippen molar-refractivity contribution >= 4 is 0 Å². The van der Waals surface area contributed by atoms with Crippen LogP contribution in [0.1, 0.15) is 12.8 Å². The zero-order chi connectivity index (χ0) is 7.68. The van der Waals surface area contributed by atoms with E-state index in [-0.39, 0.29) is 12.1 Å². The number of nitrogens with one attached hydrogen (secondary N) is 1.